The van der Waals surface area contributed by atoms with Gasteiger partial charge in [-0.1, -0.05) is 36.0 Å². The number of carbonyl (C=O) groups excluding carboxylic acids is 4. The molecule has 3 rings (SSSR count). The first-order valence-corrected chi connectivity index (χ1v) is 13.6. The molecule has 1 saturated heterocycles. The van der Waals surface area contributed by atoms with Gasteiger partial charge in [0.05, 0.1) is 18.4 Å². The molecule has 0 aliphatic carbocycles. The Morgan fingerprint density at radius 1 is 1.08 bits per heavy atom. The molecule has 0 bridgehead atoms. The molecule has 1 heterocycles. The van der Waals surface area contributed by atoms with Gasteiger partial charge >= 0.3 is 5.97 Å². The van der Waals surface area contributed by atoms with Crippen LogP contribution in [0.4, 0.5) is 4.79 Å². The van der Waals surface area contributed by atoms with Gasteiger partial charge in [-0.2, -0.15) is 11.8 Å². The van der Waals surface area contributed by atoms with Crippen LogP contribution < -0.4 is 21.1 Å². The molecule has 3 amide bonds. The summed E-state index contributed by atoms with van der Waals surface area (Å²) in [6.07, 6.45) is 3.16. The van der Waals surface area contributed by atoms with E-state index in [0.29, 0.717) is 24.3 Å². The van der Waals surface area contributed by atoms with Gasteiger partial charge in [-0.3, -0.25) is 19.7 Å². The summed E-state index contributed by atoms with van der Waals surface area (Å²) in [7, 11) is 1.28. The van der Waals surface area contributed by atoms with Gasteiger partial charge in [0.25, 0.3) is 5.24 Å². The minimum atomic E-state index is -0.849. The predicted octanol–water partition coefficient (Wildman–Crippen LogP) is 3.08. The average Bonchev–Trinajstić information content (AvgIpc) is 3.19. The Bertz CT molecular complexity index is 1080. The Morgan fingerprint density at radius 2 is 1.68 bits per heavy atom. The molecule has 0 spiro atoms. The van der Waals surface area contributed by atoms with Crippen molar-refractivity contribution in [1.29, 1.82) is 0 Å². The number of nitrogens with one attached hydrogen (secondary N) is 2. The number of esters is 1. The number of ether oxygens (including phenoxy) is 2. The first-order chi connectivity index (χ1) is 17.3. The van der Waals surface area contributed by atoms with Crippen molar-refractivity contribution in [2.24, 2.45) is 5.73 Å². The van der Waals surface area contributed by atoms with Gasteiger partial charge in [0.2, 0.25) is 11.8 Å². The molecule has 0 aromatic heterocycles. The number of imide groups is 1. The molecular formula is C25H30ClN3O6S2. The second-order valence-electron chi connectivity index (χ2n) is 8.15. The normalized spacial score (nSPS) is 16.2. The maximum Gasteiger partial charge on any atom is 0.328 e. The van der Waals surface area contributed by atoms with Crippen LogP contribution in [0.25, 0.3) is 0 Å². The fourth-order valence-electron chi connectivity index (χ4n) is 3.49. The lowest BCUT2D eigenvalue weighted by Crippen LogP contribution is -2.49. The summed E-state index contributed by atoms with van der Waals surface area (Å²) in [5.41, 5.74) is 7.65. The van der Waals surface area contributed by atoms with Gasteiger partial charge in [-0.25, -0.2) is 4.79 Å². The number of nitrogens with two attached hydrogens (primary N) is 1. The first kappa shape index (κ1) is 30.5. The third kappa shape index (κ3) is 9.26. The van der Waals surface area contributed by atoms with E-state index in [2.05, 4.69) is 10.6 Å². The zero-order valence-electron chi connectivity index (χ0n) is 20.4. The van der Waals surface area contributed by atoms with Crippen LogP contribution in [0.5, 0.6) is 11.5 Å². The van der Waals surface area contributed by atoms with Crippen molar-refractivity contribution < 1.29 is 28.7 Å². The van der Waals surface area contributed by atoms with Crippen molar-refractivity contribution in [1.82, 2.24) is 10.6 Å². The van der Waals surface area contributed by atoms with Crippen LogP contribution in [0.3, 0.4) is 0 Å². The molecule has 9 nitrogen and oxygen atoms in total. The number of rotatable bonds is 12. The lowest BCUT2D eigenvalue weighted by Gasteiger charge is -2.19. The molecule has 200 valence electrons. The van der Waals surface area contributed by atoms with Crippen LogP contribution in [0.15, 0.2) is 48.5 Å². The highest BCUT2D eigenvalue weighted by Gasteiger charge is 2.31. The highest BCUT2D eigenvalue weighted by atomic mass is 35.5. The lowest BCUT2D eigenvalue weighted by atomic mass is 10.0. The van der Waals surface area contributed by atoms with Crippen LogP contribution in [0.1, 0.15) is 17.5 Å². The van der Waals surface area contributed by atoms with Crippen molar-refractivity contribution >= 4 is 59.0 Å². The van der Waals surface area contributed by atoms with Crippen molar-refractivity contribution in [3.63, 3.8) is 0 Å². The molecular weight excluding hydrogens is 538 g/mol. The van der Waals surface area contributed by atoms with Gasteiger partial charge in [0.15, 0.2) is 0 Å². The van der Waals surface area contributed by atoms with E-state index in [4.69, 9.17) is 15.2 Å². The van der Waals surface area contributed by atoms with E-state index in [-0.39, 0.29) is 35.9 Å². The number of amides is 3. The molecule has 2 aromatic rings. The van der Waals surface area contributed by atoms with Gasteiger partial charge in [0, 0.05) is 6.42 Å². The van der Waals surface area contributed by atoms with Crippen LogP contribution >= 0.6 is 35.9 Å². The summed E-state index contributed by atoms with van der Waals surface area (Å²) in [5, 5.41) is 4.25. The monoisotopic (exact) mass is 567 g/mol. The number of methoxy groups -OCH3 is 1. The van der Waals surface area contributed by atoms with Crippen molar-refractivity contribution in [2.45, 2.75) is 36.6 Å². The maximum absolute atomic E-state index is 12.4. The Hall–Kier alpha value is -2.73. The van der Waals surface area contributed by atoms with Crippen molar-refractivity contribution in [3.05, 3.63) is 59.7 Å². The van der Waals surface area contributed by atoms with Crippen molar-refractivity contribution in [2.75, 3.05) is 19.1 Å². The minimum Gasteiger partial charge on any atom is -0.467 e. The van der Waals surface area contributed by atoms with E-state index >= 15 is 0 Å². The Labute approximate surface area is 230 Å². The molecule has 1 fully saturated rings. The fraction of sp³-hybridized carbons (Fsp3) is 0.360. The number of hydrogen-bond donors (Lipinski definition) is 3. The maximum atomic E-state index is 12.4. The predicted molar refractivity (Wildman–Crippen MR) is 147 cm³/mol. The topological polar surface area (TPSA) is 137 Å². The first-order valence-electron chi connectivity index (χ1n) is 11.3. The average molecular weight is 568 g/mol. The third-order valence-corrected chi connectivity index (χ3v) is 7.11. The molecule has 4 N–H and O–H groups in total. The Morgan fingerprint density at radius 3 is 2.19 bits per heavy atom. The summed E-state index contributed by atoms with van der Waals surface area (Å²) in [4.78, 5) is 47.6. The van der Waals surface area contributed by atoms with Crippen LogP contribution in [-0.2, 0) is 32.0 Å². The summed E-state index contributed by atoms with van der Waals surface area (Å²) < 4.78 is 10.7. The molecule has 12 heteroatoms. The summed E-state index contributed by atoms with van der Waals surface area (Å²) >= 11 is 2.60. The molecule has 1 aliphatic heterocycles. The summed E-state index contributed by atoms with van der Waals surface area (Å²) in [6.45, 7) is 0. The third-order valence-electron chi connectivity index (χ3n) is 5.48. The van der Waals surface area contributed by atoms with Crippen LogP contribution in [-0.4, -0.2) is 59.5 Å². The smallest absolute Gasteiger partial charge is 0.328 e. The number of thioether (sulfide) groups is 2. The van der Waals surface area contributed by atoms with E-state index < -0.39 is 23.3 Å². The lowest BCUT2D eigenvalue weighted by molar-refractivity contribution is -0.145. The van der Waals surface area contributed by atoms with Gasteiger partial charge in [0.1, 0.15) is 17.5 Å². The fourth-order valence-corrected chi connectivity index (χ4v) is 4.84. The second kappa shape index (κ2) is 14.9. The van der Waals surface area contributed by atoms with E-state index in [0.717, 1.165) is 28.6 Å². The SMILES string of the molecule is COC(=O)C(Cc1ccc(Oc2ccc(CC3SC(=O)NC3=O)cc2)cc1)NC(=O)C(N)CCSC.Cl. The van der Waals surface area contributed by atoms with Crippen LogP contribution in [0.2, 0.25) is 0 Å². The standard InChI is InChI=1S/C25H29N3O6S2.ClH/c1-33-24(31)20(27-22(29)19(26)11-12-35-2)13-15-3-7-17(8-4-15)34-18-9-5-16(6-10-18)14-21-23(30)28-25(32)36-21;/h3-10,19-21H,11-14,26H2,1-2H3,(H,27,29)(H,28,30,32);1H. The molecule has 0 radical (unpaired) electrons. The van der Waals surface area contributed by atoms with E-state index in [1.165, 1.54) is 7.11 Å². The van der Waals surface area contributed by atoms with Crippen LogP contribution in [0, 0.1) is 0 Å². The Kier molecular flexibility index (Phi) is 12.3. The molecule has 3 unspecified atom stereocenters. The largest absolute Gasteiger partial charge is 0.467 e. The highest BCUT2D eigenvalue weighted by molar-refractivity contribution is 8.15. The molecule has 0 saturated carbocycles. The van der Waals surface area contributed by atoms with Gasteiger partial charge < -0.3 is 20.5 Å². The number of hydrogen-bond acceptors (Lipinski definition) is 9. The van der Waals surface area contributed by atoms with E-state index in [1.54, 1.807) is 36.0 Å². The second-order valence-corrected chi connectivity index (χ2v) is 10.3. The van der Waals surface area contributed by atoms with Crippen molar-refractivity contribution in [3.8, 4) is 11.5 Å². The molecule has 1 aliphatic rings. The quantitative estimate of drug-likeness (QED) is 0.330. The van der Waals surface area contributed by atoms with E-state index in [1.807, 2.05) is 30.5 Å². The van der Waals surface area contributed by atoms with Gasteiger partial charge in [-0.05, 0) is 60.2 Å². The number of benzene rings is 2. The minimum absolute atomic E-state index is 0. The Balaban J connectivity index is 0.00000481. The van der Waals surface area contributed by atoms with Gasteiger partial charge in [-0.15, -0.1) is 12.4 Å². The zero-order chi connectivity index (χ0) is 26.1. The number of halogens is 1. The van der Waals surface area contributed by atoms with E-state index in [9.17, 15) is 19.2 Å². The highest BCUT2D eigenvalue weighted by Crippen LogP contribution is 2.26. The zero-order valence-corrected chi connectivity index (χ0v) is 22.9. The number of carbonyl (C=O) groups is 4. The molecule has 37 heavy (non-hydrogen) atoms. The summed E-state index contributed by atoms with van der Waals surface area (Å²) in [5.74, 6) is 0.767. The summed E-state index contributed by atoms with van der Waals surface area (Å²) in [6, 6.07) is 12.9. The molecule has 2 aromatic carbocycles. The molecule has 3 atom stereocenters.